The van der Waals surface area contributed by atoms with Crippen molar-refractivity contribution in [2.24, 2.45) is 0 Å². The fourth-order valence-electron chi connectivity index (χ4n) is 4.32. The van der Waals surface area contributed by atoms with Crippen molar-refractivity contribution in [3.63, 3.8) is 0 Å². The zero-order valence-electron chi connectivity index (χ0n) is 18.3. The van der Waals surface area contributed by atoms with Gasteiger partial charge in [0.25, 0.3) is 5.91 Å². The van der Waals surface area contributed by atoms with Gasteiger partial charge in [-0.05, 0) is 74.2 Å². The van der Waals surface area contributed by atoms with E-state index in [2.05, 4.69) is 10.1 Å². The molecule has 7 nitrogen and oxygen atoms in total. The maximum absolute atomic E-state index is 13.2. The van der Waals surface area contributed by atoms with Gasteiger partial charge in [-0.2, -0.15) is 4.98 Å². The minimum atomic E-state index is -0.314. The number of carbonyl (C=O) groups is 1. The number of ether oxygens (including phenoxy) is 2. The molecule has 2 fully saturated rings. The predicted molar refractivity (Wildman–Crippen MR) is 118 cm³/mol. The fraction of sp³-hybridized carbons (Fsp3) is 0.400. The number of hydrogen-bond acceptors (Lipinski definition) is 6. The molecule has 0 saturated carbocycles. The number of nitrogens with zero attached hydrogens (tertiary/aromatic N) is 3. The highest BCUT2D eigenvalue weighted by atomic mass is 19.1. The van der Waals surface area contributed by atoms with Gasteiger partial charge in [-0.1, -0.05) is 5.16 Å². The van der Waals surface area contributed by atoms with E-state index in [9.17, 15) is 9.18 Å². The van der Waals surface area contributed by atoms with Crippen LogP contribution in [0, 0.1) is 5.82 Å². The second-order valence-electron chi connectivity index (χ2n) is 8.52. The van der Waals surface area contributed by atoms with Crippen LogP contribution in [0.4, 0.5) is 4.39 Å². The second kappa shape index (κ2) is 9.70. The molecule has 0 N–H and O–H groups in total. The lowest BCUT2D eigenvalue weighted by Gasteiger charge is -2.31. The van der Waals surface area contributed by atoms with Crippen molar-refractivity contribution in [2.75, 3.05) is 26.3 Å². The summed E-state index contributed by atoms with van der Waals surface area (Å²) in [6.45, 7) is 2.54. The Bertz CT molecular complexity index is 1080. The first-order chi connectivity index (χ1) is 16.2. The van der Waals surface area contributed by atoms with E-state index in [1.807, 2.05) is 17.0 Å². The smallest absolute Gasteiger partial charge is 0.253 e. The molecule has 2 atom stereocenters. The van der Waals surface area contributed by atoms with Crippen LogP contribution >= 0.6 is 0 Å². The van der Waals surface area contributed by atoms with E-state index >= 15 is 0 Å². The molecule has 2 aliphatic rings. The van der Waals surface area contributed by atoms with Gasteiger partial charge in [-0.15, -0.1) is 0 Å². The summed E-state index contributed by atoms with van der Waals surface area (Å²) in [7, 11) is 0. The number of halogens is 1. The van der Waals surface area contributed by atoms with Gasteiger partial charge >= 0.3 is 0 Å². The molecule has 3 heterocycles. The molecule has 2 saturated heterocycles. The van der Waals surface area contributed by atoms with Crippen LogP contribution in [0.3, 0.4) is 0 Å². The fourth-order valence-corrected chi connectivity index (χ4v) is 4.32. The number of rotatable bonds is 6. The number of benzene rings is 2. The third-order valence-corrected chi connectivity index (χ3v) is 6.16. The number of piperidine rings is 1. The van der Waals surface area contributed by atoms with Gasteiger partial charge in [0.2, 0.25) is 11.7 Å². The van der Waals surface area contributed by atoms with Crippen molar-refractivity contribution in [3.8, 4) is 17.1 Å². The lowest BCUT2D eigenvalue weighted by Crippen LogP contribution is -2.39. The lowest BCUT2D eigenvalue weighted by molar-refractivity contribution is 0.0675. The molecule has 0 bridgehead atoms. The number of hydrogen-bond donors (Lipinski definition) is 0. The van der Waals surface area contributed by atoms with Crippen LogP contribution in [0.15, 0.2) is 53.1 Å². The highest BCUT2D eigenvalue weighted by Gasteiger charge is 2.29. The highest BCUT2D eigenvalue weighted by Crippen LogP contribution is 2.29. The van der Waals surface area contributed by atoms with Crippen LogP contribution in [-0.4, -0.2) is 53.4 Å². The van der Waals surface area contributed by atoms with E-state index in [0.717, 1.165) is 38.0 Å². The zero-order chi connectivity index (χ0) is 22.6. The number of likely N-dealkylation sites (tertiary alicyclic amines) is 1. The summed E-state index contributed by atoms with van der Waals surface area (Å²) in [6, 6.07) is 13.2. The summed E-state index contributed by atoms with van der Waals surface area (Å²) in [4.78, 5) is 19.4. The van der Waals surface area contributed by atoms with Crippen molar-refractivity contribution in [1.82, 2.24) is 15.0 Å². The van der Waals surface area contributed by atoms with E-state index in [-0.39, 0.29) is 23.7 Å². The van der Waals surface area contributed by atoms with Crippen molar-refractivity contribution in [3.05, 3.63) is 65.8 Å². The second-order valence-corrected chi connectivity index (χ2v) is 8.52. The molecule has 2 aliphatic heterocycles. The summed E-state index contributed by atoms with van der Waals surface area (Å²) >= 11 is 0. The largest absolute Gasteiger partial charge is 0.491 e. The van der Waals surface area contributed by atoms with E-state index in [4.69, 9.17) is 14.0 Å². The molecule has 172 valence electrons. The molecular formula is C25H26FN3O4. The van der Waals surface area contributed by atoms with Gasteiger partial charge in [0, 0.05) is 30.8 Å². The normalized spacial score (nSPS) is 20.7. The van der Waals surface area contributed by atoms with Crippen molar-refractivity contribution >= 4 is 5.91 Å². The number of amides is 1. The van der Waals surface area contributed by atoms with Crippen LogP contribution in [-0.2, 0) is 4.74 Å². The molecule has 8 heteroatoms. The van der Waals surface area contributed by atoms with E-state index in [1.54, 1.807) is 24.3 Å². The minimum Gasteiger partial charge on any atom is -0.491 e. The Hall–Kier alpha value is -3.26. The summed E-state index contributed by atoms with van der Waals surface area (Å²) in [5, 5.41) is 4.04. The molecule has 2 unspecified atom stereocenters. The summed E-state index contributed by atoms with van der Waals surface area (Å²) in [6.07, 6.45) is 3.98. The van der Waals surface area contributed by atoms with Gasteiger partial charge in [0.1, 0.15) is 18.2 Å². The Morgan fingerprint density at radius 2 is 1.91 bits per heavy atom. The van der Waals surface area contributed by atoms with Gasteiger partial charge in [-0.3, -0.25) is 4.79 Å². The first-order valence-corrected chi connectivity index (χ1v) is 11.4. The van der Waals surface area contributed by atoms with Crippen LogP contribution < -0.4 is 4.74 Å². The quantitative estimate of drug-likeness (QED) is 0.551. The third-order valence-electron chi connectivity index (χ3n) is 6.16. The first-order valence-electron chi connectivity index (χ1n) is 11.4. The van der Waals surface area contributed by atoms with E-state index in [1.165, 1.54) is 12.1 Å². The van der Waals surface area contributed by atoms with Gasteiger partial charge < -0.3 is 18.9 Å². The Kier molecular flexibility index (Phi) is 6.35. The van der Waals surface area contributed by atoms with Gasteiger partial charge in [0.15, 0.2) is 0 Å². The van der Waals surface area contributed by atoms with E-state index < -0.39 is 0 Å². The summed E-state index contributed by atoms with van der Waals surface area (Å²) < 4.78 is 30.0. The molecule has 1 amide bonds. The molecule has 0 radical (unpaired) electrons. The average molecular weight is 451 g/mol. The summed E-state index contributed by atoms with van der Waals surface area (Å²) in [5.41, 5.74) is 1.31. The standard InChI is InChI=1S/C25H26FN3O4/c26-20-9-5-17(6-10-20)23-27-24(33-28-23)19-3-1-13-29(15-19)25(30)18-7-11-21(12-8-18)32-16-22-4-2-14-31-22/h5-12,19,22H,1-4,13-16H2. The SMILES string of the molecule is O=C(c1ccc(OCC2CCCO2)cc1)N1CCCC(c2nc(-c3ccc(F)cc3)no2)C1. The van der Waals surface area contributed by atoms with Crippen LogP contribution in [0.1, 0.15) is 47.8 Å². The molecule has 33 heavy (non-hydrogen) atoms. The Labute approximate surface area is 191 Å². The third kappa shape index (κ3) is 5.06. The van der Waals surface area contributed by atoms with Crippen molar-refractivity contribution < 1.29 is 23.2 Å². The molecule has 3 aromatic rings. The maximum atomic E-state index is 13.2. The Balaban J connectivity index is 1.20. The van der Waals surface area contributed by atoms with Crippen LogP contribution in [0.25, 0.3) is 11.4 Å². The lowest BCUT2D eigenvalue weighted by atomic mass is 9.97. The molecule has 0 aliphatic carbocycles. The van der Waals surface area contributed by atoms with Gasteiger partial charge in [-0.25, -0.2) is 4.39 Å². The monoisotopic (exact) mass is 451 g/mol. The minimum absolute atomic E-state index is 0.0244. The molecular weight excluding hydrogens is 425 g/mol. The van der Waals surface area contributed by atoms with Crippen molar-refractivity contribution in [1.29, 1.82) is 0 Å². The highest BCUT2D eigenvalue weighted by molar-refractivity contribution is 5.94. The topological polar surface area (TPSA) is 77.7 Å². The molecule has 2 aromatic carbocycles. The Morgan fingerprint density at radius 1 is 1.09 bits per heavy atom. The number of aromatic nitrogens is 2. The average Bonchev–Trinajstić information content (AvgIpc) is 3.56. The van der Waals surface area contributed by atoms with Crippen molar-refractivity contribution in [2.45, 2.75) is 37.7 Å². The summed E-state index contributed by atoms with van der Waals surface area (Å²) in [5.74, 6) is 1.29. The Morgan fingerprint density at radius 3 is 2.67 bits per heavy atom. The van der Waals surface area contributed by atoms with Gasteiger partial charge in [0.05, 0.1) is 12.0 Å². The maximum Gasteiger partial charge on any atom is 0.253 e. The first kappa shape index (κ1) is 21.6. The molecule has 5 rings (SSSR count). The zero-order valence-corrected chi connectivity index (χ0v) is 18.3. The van der Waals surface area contributed by atoms with Crippen LogP contribution in [0.5, 0.6) is 5.75 Å². The molecule has 1 aromatic heterocycles. The predicted octanol–water partition coefficient (Wildman–Crippen LogP) is 4.45. The molecule has 0 spiro atoms. The van der Waals surface area contributed by atoms with E-state index in [0.29, 0.717) is 42.5 Å². The van der Waals surface area contributed by atoms with Crippen LogP contribution in [0.2, 0.25) is 0 Å². The number of carbonyl (C=O) groups excluding carboxylic acids is 1.